The number of fused-ring (bicyclic) bond motifs is 1. The van der Waals surface area contributed by atoms with E-state index >= 15 is 0 Å². The topological polar surface area (TPSA) is 19.0 Å². The van der Waals surface area contributed by atoms with Gasteiger partial charge in [-0.1, -0.05) is 19.3 Å². The van der Waals surface area contributed by atoms with E-state index in [1.165, 1.54) is 84.1 Å². The molecule has 0 aromatic carbocycles. The van der Waals surface area contributed by atoms with E-state index in [4.69, 9.17) is 4.74 Å². The van der Waals surface area contributed by atoms with Gasteiger partial charge in [-0.3, -0.25) is 4.90 Å². The Morgan fingerprint density at radius 3 is 2.40 bits per heavy atom. The fraction of sp³-hybridized carbons (Fsp3) is 1.00. The Hall–Kier alpha value is -0.160. The highest BCUT2D eigenvalue weighted by Crippen LogP contribution is 2.39. The van der Waals surface area contributed by atoms with Crippen LogP contribution in [0.1, 0.15) is 51.4 Å². The van der Waals surface area contributed by atoms with Crippen molar-refractivity contribution >= 4 is 0 Å². The van der Waals surface area contributed by atoms with Gasteiger partial charge in [-0.15, -0.1) is 0 Å². The van der Waals surface area contributed by atoms with E-state index in [-0.39, 0.29) is 0 Å². The number of hydrogen-bond acceptors (Lipinski definition) is 4. The molecule has 3 saturated heterocycles. The lowest BCUT2D eigenvalue weighted by Gasteiger charge is -2.50. The first-order valence-electron chi connectivity index (χ1n) is 11.0. The van der Waals surface area contributed by atoms with Crippen LogP contribution in [0, 0.1) is 11.3 Å². The second kappa shape index (κ2) is 8.24. The molecule has 0 bridgehead atoms. The number of hydrogen-bond donors (Lipinski definition) is 0. The van der Waals surface area contributed by atoms with Gasteiger partial charge >= 0.3 is 0 Å². The van der Waals surface area contributed by atoms with Crippen molar-refractivity contribution in [3.8, 4) is 0 Å². The Bertz CT molecular complexity index is 417. The molecule has 1 aliphatic carbocycles. The lowest BCUT2D eigenvalue weighted by atomic mass is 9.72. The molecule has 0 aromatic heterocycles. The molecule has 144 valence electrons. The van der Waals surface area contributed by atoms with E-state index < -0.39 is 0 Å². The van der Waals surface area contributed by atoms with E-state index in [1.807, 2.05) is 0 Å². The van der Waals surface area contributed by atoms with Crippen LogP contribution in [0.3, 0.4) is 0 Å². The second-order valence-electron chi connectivity index (χ2n) is 9.42. The van der Waals surface area contributed by atoms with Crippen molar-refractivity contribution in [1.82, 2.24) is 14.7 Å². The average molecular weight is 350 g/mol. The van der Waals surface area contributed by atoms with Gasteiger partial charge < -0.3 is 14.5 Å². The third-order valence-corrected chi connectivity index (χ3v) is 7.57. The minimum absolute atomic E-state index is 0.559. The molecule has 0 N–H and O–H groups in total. The van der Waals surface area contributed by atoms with Gasteiger partial charge in [-0.25, -0.2) is 0 Å². The highest BCUT2D eigenvalue weighted by molar-refractivity contribution is 4.94. The van der Waals surface area contributed by atoms with Crippen molar-refractivity contribution in [3.63, 3.8) is 0 Å². The number of rotatable bonds is 4. The van der Waals surface area contributed by atoms with Crippen LogP contribution in [0.15, 0.2) is 0 Å². The highest BCUT2D eigenvalue weighted by atomic mass is 16.5. The maximum atomic E-state index is 5.58. The van der Waals surface area contributed by atoms with E-state index in [0.717, 1.165) is 38.3 Å². The quantitative estimate of drug-likeness (QED) is 0.777. The normalized spacial score (nSPS) is 35.4. The van der Waals surface area contributed by atoms with Crippen molar-refractivity contribution in [3.05, 3.63) is 0 Å². The molecule has 4 fully saturated rings. The SMILES string of the molecule is CN1CCC[C@H]2CN(CC3(CN4CCOCC4)CCCCC3)CC[C@@H]21. The summed E-state index contributed by atoms with van der Waals surface area (Å²) in [4.78, 5) is 8.22. The predicted octanol–water partition coefficient (Wildman–Crippen LogP) is 2.69. The maximum Gasteiger partial charge on any atom is 0.0594 e. The van der Waals surface area contributed by atoms with E-state index in [9.17, 15) is 0 Å². The smallest absolute Gasteiger partial charge is 0.0594 e. The molecule has 0 spiro atoms. The minimum atomic E-state index is 0.559. The van der Waals surface area contributed by atoms with E-state index in [0.29, 0.717) is 5.41 Å². The number of ether oxygens (including phenoxy) is 1. The fourth-order valence-corrected chi connectivity index (χ4v) is 6.25. The van der Waals surface area contributed by atoms with Crippen molar-refractivity contribution in [2.75, 3.05) is 66.1 Å². The summed E-state index contributed by atoms with van der Waals surface area (Å²) in [6.45, 7) is 10.9. The zero-order valence-electron chi connectivity index (χ0n) is 16.4. The summed E-state index contributed by atoms with van der Waals surface area (Å²) >= 11 is 0. The Labute approximate surface area is 154 Å². The highest BCUT2D eigenvalue weighted by Gasteiger charge is 2.40. The van der Waals surface area contributed by atoms with Gasteiger partial charge in [-0.05, 0) is 63.6 Å². The summed E-state index contributed by atoms with van der Waals surface area (Å²) in [7, 11) is 2.35. The molecule has 25 heavy (non-hydrogen) atoms. The second-order valence-corrected chi connectivity index (χ2v) is 9.42. The van der Waals surface area contributed by atoms with Gasteiger partial charge in [0.15, 0.2) is 0 Å². The molecule has 4 aliphatic rings. The van der Waals surface area contributed by atoms with Crippen molar-refractivity contribution in [2.24, 2.45) is 11.3 Å². The third kappa shape index (κ3) is 4.40. The van der Waals surface area contributed by atoms with Crippen LogP contribution in [-0.4, -0.2) is 86.8 Å². The van der Waals surface area contributed by atoms with Crippen LogP contribution >= 0.6 is 0 Å². The standard InChI is InChI=1S/C21H39N3O/c1-22-10-5-6-19-16-24(11-7-20(19)22)18-21(8-3-2-4-9-21)17-23-12-14-25-15-13-23/h19-20H,2-18H2,1H3/t19-,20-/m0/s1. The predicted molar refractivity (Wildman–Crippen MR) is 103 cm³/mol. The number of morpholine rings is 1. The number of piperidine rings is 2. The largest absolute Gasteiger partial charge is 0.379 e. The lowest BCUT2D eigenvalue weighted by molar-refractivity contribution is -0.0213. The molecule has 0 amide bonds. The molecule has 2 atom stereocenters. The maximum absolute atomic E-state index is 5.58. The summed E-state index contributed by atoms with van der Waals surface area (Å²) in [5.74, 6) is 0.927. The third-order valence-electron chi connectivity index (χ3n) is 7.57. The molecule has 3 heterocycles. The summed E-state index contributed by atoms with van der Waals surface area (Å²) in [6.07, 6.45) is 11.5. The molecular formula is C21H39N3O. The molecule has 1 saturated carbocycles. The van der Waals surface area contributed by atoms with Crippen molar-refractivity contribution in [2.45, 2.75) is 57.4 Å². The minimum Gasteiger partial charge on any atom is -0.379 e. The monoisotopic (exact) mass is 349 g/mol. The van der Waals surface area contributed by atoms with Crippen LogP contribution < -0.4 is 0 Å². The molecule has 0 unspecified atom stereocenters. The molecule has 4 heteroatoms. The Balaban J connectivity index is 1.38. The summed E-state index contributed by atoms with van der Waals surface area (Å²) in [6, 6.07) is 0.867. The van der Waals surface area contributed by atoms with Gasteiger partial charge in [0.05, 0.1) is 13.2 Å². The van der Waals surface area contributed by atoms with Crippen LogP contribution in [0.5, 0.6) is 0 Å². The van der Waals surface area contributed by atoms with Gasteiger partial charge in [0, 0.05) is 38.8 Å². The molecular weight excluding hydrogens is 310 g/mol. The number of likely N-dealkylation sites (tertiary alicyclic amines) is 2. The lowest BCUT2D eigenvalue weighted by Crippen LogP contribution is -2.56. The average Bonchev–Trinajstić information content (AvgIpc) is 2.63. The van der Waals surface area contributed by atoms with E-state index in [2.05, 4.69) is 21.7 Å². The van der Waals surface area contributed by atoms with E-state index in [1.54, 1.807) is 0 Å². The Kier molecular flexibility index (Phi) is 6.01. The molecule has 4 nitrogen and oxygen atoms in total. The first-order valence-corrected chi connectivity index (χ1v) is 11.0. The van der Waals surface area contributed by atoms with Crippen LogP contribution in [0.2, 0.25) is 0 Å². The van der Waals surface area contributed by atoms with Crippen LogP contribution in [0.4, 0.5) is 0 Å². The van der Waals surface area contributed by atoms with Crippen LogP contribution in [-0.2, 0) is 4.74 Å². The zero-order valence-corrected chi connectivity index (χ0v) is 16.4. The van der Waals surface area contributed by atoms with Crippen molar-refractivity contribution < 1.29 is 4.74 Å². The summed E-state index contributed by atoms with van der Waals surface area (Å²) < 4.78 is 5.58. The zero-order chi connectivity index (χ0) is 17.1. The Morgan fingerprint density at radius 2 is 1.60 bits per heavy atom. The summed E-state index contributed by atoms with van der Waals surface area (Å²) in [5, 5.41) is 0. The molecule has 3 aliphatic heterocycles. The van der Waals surface area contributed by atoms with Gasteiger partial charge in [0.1, 0.15) is 0 Å². The fourth-order valence-electron chi connectivity index (χ4n) is 6.25. The summed E-state index contributed by atoms with van der Waals surface area (Å²) in [5.41, 5.74) is 0.559. The number of nitrogens with zero attached hydrogens (tertiary/aromatic N) is 3. The van der Waals surface area contributed by atoms with Gasteiger partial charge in [0.25, 0.3) is 0 Å². The van der Waals surface area contributed by atoms with Gasteiger partial charge in [-0.2, -0.15) is 0 Å². The molecule has 0 radical (unpaired) electrons. The molecule has 4 rings (SSSR count). The Morgan fingerprint density at radius 1 is 0.840 bits per heavy atom. The first-order chi connectivity index (χ1) is 12.2. The van der Waals surface area contributed by atoms with Gasteiger partial charge in [0.2, 0.25) is 0 Å². The van der Waals surface area contributed by atoms with Crippen molar-refractivity contribution in [1.29, 1.82) is 0 Å². The molecule has 0 aromatic rings. The first kappa shape index (κ1) is 18.2. The van der Waals surface area contributed by atoms with Crippen LogP contribution in [0.25, 0.3) is 0 Å².